The van der Waals surface area contributed by atoms with Gasteiger partial charge < -0.3 is 5.21 Å². The molecule has 0 saturated heterocycles. The molecule has 0 aliphatic heterocycles. The zero-order valence-electron chi connectivity index (χ0n) is 8.95. The SMILES string of the molecule is C[N+]([O-])=C(Cn1ccnn1)c1ccccc1. The van der Waals surface area contributed by atoms with Gasteiger partial charge in [-0.3, -0.25) is 0 Å². The summed E-state index contributed by atoms with van der Waals surface area (Å²) in [6.45, 7) is 0.421. The molecule has 1 heterocycles. The van der Waals surface area contributed by atoms with Crippen molar-refractivity contribution in [3.05, 3.63) is 53.5 Å². The van der Waals surface area contributed by atoms with Crippen molar-refractivity contribution in [3.63, 3.8) is 0 Å². The van der Waals surface area contributed by atoms with Crippen molar-refractivity contribution < 1.29 is 4.74 Å². The highest BCUT2D eigenvalue weighted by Gasteiger charge is 2.11. The third-order valence-electron chi connectivity index (χ3n) is 2.27. The molecule has 0 bridgehead atoms. The predicted molar refractivity (Wildman–Crippen MR) is 60.1 cm³/mol. The molecule has 0 radical (unpaired) electrons. The van der Waals surface area contributed by atoms with Crippen LogP contribution < -0.4 is 0 Å². The Balaban J connectivity index is 2.30. The number of benzene rings is 1. The summed E-state index contributed by atoms with van der Waals surface area (Å²) >= 11 is 0. The Morgan fingerprint density at radius 3 is 2.69 bits per heavy atom. The Morgan fingerprint density at radius 1 is 1.38 bits per heavy atom. The zero-order chi connectivity index (χ0) is 11.4. The molecule has 0 amide bonds. The van der Waals surface area contributed by atoms with Crippen molar-refractivity contribution in [3.8, 4) is 0 Å². The molecule has 0 spiro atoms. The Kier molecular flexibility index (Phi) is 2.95. The lowest BCUT2D eigenvalue weighted by molar-refractivity contribution is -0.423. The number of hydroxylamine groups is 1. The monoisotopic (exact) mass is 216 g/mol. The quantitative estimate of drug-likeness (QED) is 0.331. The summed E-state index contributed by atoms with van der Waals surface area (Å²) in [6.07, 6.45) is 3.32. The first-order chi connectivity index (χ1) is 7.77. The molecule has 2 rings (SSSR count). The second kappa shape index (κ2) is 4.57. The van der Waals surface area contributed by atoms with Crippen molar-refractivity contribution in [1.82, 2.24) is 15.0 Å². The van der Waals surface area contributed by atoms with Gasteiger partial charge in [-0.2, -0.15) is 0 Å². The molecule has 1 aromatic heterocycles. The van der Waals surface area contributed by atoms with Crippen molar-refractivity contribution in [2.24, 2.45) is 0 Å². The van der Waals surface area contributed by atoms with Crippen molar-refractivity contribution >= 4 is 5.71 Å². The van der Waals surface area contributed by atoms with Gasteiger partial charge in [-0.05, 0) is 12.1 Å². The number of aromatic nitrogens is 3. The third kappa shape index (κ3) is 2.25. The number of nitrogens with zero attached hydrogens (tertiary/aromatic N) is 4. The van der Waals surface area contributed by atoms with Crippen molar-refractivity contribution in [2.45, 2.75) is 6.54 Å². The summed E-state index contributed by atoms with van der Waals surface area (Å²) in [6, 6.07) is 9.53. The Labute approximate surface area is 93.2 Å². The predicted octanol–water partition coefficient (Wildman–Crippen LogP) is 0.907. The van der Waals surface area contributed by atoms with E-state index in [1.54, 1.807) is 17.1 Å². The first kappa shape index (κ1) is 10.4. The average Bonchev–Trinajstić information content (AvgIpc) is 2.79. The fourth-order valence-corrected chi connectivity index (χ4v) is 1.47. The molecule has 0 N–H and O–H groups in total. The van der Waals surface area contributed by atoms with E-state index in [-0.39, 0.29) is 0 Å². The molecule has 2 aromatic rings. The highest BCUT2D eigenvalue weighted by molar-refractivity contribution is 5.96. The van der Waals surface area contributed by atoms with Crippen LogP contribution in [0.5, 0.6) is 0 Å². The Bertz CT molecular complexity index is 472. The lowest BCUT2D eigenvalue weighted by Gasteiger charge is -2.07. The fourth-order valence-electron chi connectivity index (χ4n) is 1.47. The molecule has 0 aliphatic carbocycles. The maximum Gasteiger partial charge on any atom is 0.215 e. The summed E-state index contributed by atoms with van der Waals surface area (Å²) in [5.41, 5.74) is 1.56. The third-order valence-corrected chi connectivity index (χ3v) is 2.27. The van der Waals surface area contributed by atoms with Crippen LogP contribution in [-0.2, 0) is 6.54 Å². The van der Waals surface area contributed by atoms with Crippen LogP contribution >= 0.6 is 0 Å². The summed E-state index contributed by atoms with van der Waals surface area (Å²) in [5, 5.41) is 19.0. The van der Waals surface area contributed by atoms with Crippen LogP contribution in [0, 0.1) is 5.21 Å². The van der Waals surface area contributed by atoms with E-state index in [1.807, 2.05) is 30.3 Å². The molecule has 0 aliphatic rings. The number of hydrogen-bond acceptors (Lipinski definition) is 3. The fraction of sp³-hybridized carbons (Fsp3) is 0.182. The van der Waals surface area contributed by atoms with Gasteiger partial charge >= 0.3 is 0 Å². The van der Waals surface area contributed by atoms with Gasteiger partial charge in [0.2, 0.25) is 5.71 Å². The molecule has 0 atom stereocenters. The minimum atomic E-state index is 0.421. The number of hydrogen-bond donors (Lipinski definition) is 0. The molecule has 5 heteroatoms. The van der Waals surface area contributed by atoms with E-state index in [2.05, 4.69) is 10.3 Å². The van der Waals surface area contributed by atoms with Gasteiger partial charge in [-0.1, -0.05) is 23.4 Å². The minimum Gasteiger partial charge on any atom is -0.624 e. The van der Waals surface area contributed by atoms with E-state index in [1.165, 1.54) is 7.05 Å². The van der Waals surface area contributed by atoms with Gasteiger partial charge in [0, 0.05) is 11.8 Å². The average molecular weight is 216 g/mol. The molecule has 16 heavy (non-hydrogen) atoms. The molecular formula is C11H12N4O. The largest absolute Gasteiger partial charge is 0.624 e. The van der Waals surface area contributed by atoms with Crippen molar-refractivity contribution in [2.75, 3.05) is 7.05 Å². The molecule has 1 aromatic carbocycles. The highest BCUT2D eigenvalue weighted by atomic mass is 16.5. The zero-order valence-corrected chi connectivity index (χ0v) is 8.95. The summed E-state index contributed by atoms with van der Waals surface area (Å²) in [5.74, 6) is 0. The van der Waals surface area contributed by atoms with Crippen LogP contribution in [0.3, 0.4) is 0 Å². The molecular weight excluding hydrogens is 204 g/mol. The maximum absolute atomic E-state index is 11.5. The van der Waals surface area contributed by atoms with Gasteiger partial charge in [0.15, 0.2) is 0 Å². The van der Waals surface area contributed by atoms with Crippen LogP contribution in [0.4, 0.5) is 0 Å². The minimum absolute atomic E-state index is 0.421. The van der Waals surface area contributed by atoms with Gasteiger partial charge in [0.25, 0.3) is 0 Å². The van der Waals surface area contributed by atoms with E-state index >= 15 is 0 Å². The van der Waals surface area contributed by atoms with Gasteiger partial charge in [-0.15, -0.1) is 5.10 Å². The van der Waals surface area contributed by atoms with Gasteiger partial charge in [0.05, 0.1) is 6.20 Å². The van der Waals surface area contributed by atoms with Crippen LogP contribution in [0.25, 0.3) is 0 Å². The van der Waals surface area contributed by atoms with E-state index < -0.39 is 0 Å². The molecule has 0 fully saturated rings. The topological polar surface area (TPSA) is 56.8 Å². The van der Waals surface area contributed by atoms with Crippen LogP contribution in [0.15, 0.2) is 42.7 Å². The lowest BCUT2D eigenvalue weighted by Crippen LogP contribution is -2.20. The molecule has 5 nitrogen and oxygen atoms in total. The molecule has 82 valence electrons. The Morgan fingerprint density at radius 2 is 2.12 bits per heavy atom. The first-order valence-corrected chi connectivity index (χ1v) is 4.93. The normalized spacial score (nSPS) is 12.3. The molecule has 0 unspecified atom stereocenters. The summed E-state index contributed by atoms with van der Waals surface area (Å²) in [4.78, 5) is 0. The van der Waals surface area contributed by atoms with E-state index in [0.29, 0.717) is 12.3 Å². The van der Waals surface area contributed by atoms with Crippen LogP contribution in [0.2, 0.25) is 0 Å². The van der Waals surface area contributed by atoms with E-state index in [0.717, 1.165) is 10.3 Å². The summed E-state index contributed by atoms with van der Waals surface area (Å²) in [7, 11) is 1.49. The summed E-state index contributed by atoms with van der Waals surface area (Å²) < 4.78 is 2.48. The lowest BCUT2D eigenvalue weighted by atomic mass is 10.1. The van der Waals surface area contributed by atoms with Crippen LogP contribution in [0.1, 0.15) is 5.56 Å². The smallest absolute Gasteiger partial charge is 0.215 e. The Hall–Kier alpha value is -2.17. The standard InChI is InChI=1S/C11H12N4O/c1-14(16)11(9-15-8-7-12-13-15)10-5-3-2-4-6-10/h2-8H,9H2,1H3. The van der Waals surface area contributed by atoms with Crippen LogP contribution in [-0.4, -0.2) is 32.5 Å². The van der Waals surface area contributed by atoms with Crippen molar-refractivity contribution in [1.29, 1.82) is 0 Å². The van der Waals surface area contributed by atoms with Gasteiger partial charge in [0.1, 0.15) is 13.6 Å². The number of rotatable bonds is 3. The second-order valence-corrected chi connectivity index (χ2v) is 3.41. The van der Waals surface area contributed by atoms with E-state index in [4.69, 9.17) is 0 Å². The maximum atomic E-state index is 11.5. The van der Waals surface area contributed by atoms with E-state index in [9.17, 15) is 5.21 Å². The highest BCUT2D eigenvalue weighted by Crippen LogP contribution is 2.02. The molecule has 0 saturated carbocycles. The van der Waals surface area contributed by atoms with Gasteiger partial charge in [-0.25, -0.2) is 9.42 Å². The second-order valence-electron chi connectivity index (χ2n) is 3.41. The first-order valence-electron chi connectivity index (χ1n) is 4.93.